The highest BCUT2D eigenvalue weighted by Crippen LogP contribution is 2.08. The number of methoxy groups -OCH3 is 2. The van der Waals surface area contributed by atoms with E-state index < -0.39 is 0 Å². The van der Waals surface area contributed by atoms with Gasteiger partial charge in [-0.2, -0.15) is 5.26 Å². The van der Waals surface area contributed by atoms with Gasteiger partial charge in [-0.25, -0.2) is 4.98 Å². The Hall–Kier alpha value is -1.97. The second-order valence-corrected chi connectivity index (χ2v) is 4.34. The molecule has 1 amide bonds. The summed E-state index contributed by atoms with van der Waals surface area (Å²) in [5, 5.41) is 8.73. The molecular weight excluding hydrogens is 258 g/mol. The second kappa shape index (κ2) is 8.25. The van der Waals surface area contributed by atoms with Crippen LogP contribution in [0.15, 0.2) is 18.3 Å². The van der Waals surface area contributed by atoms with Crippen LogP contribution in [0, 0.1) is 11.3 Å². The molecule has 0 saturated carbocycles. The molecule has 0 radical (unpaired) electrons. The minimum absolute atomic E-state index is 0.0832. The molecule has 0 aliphatic carbocycles. The maximum absolute atomic E-state index is 12.4. The molecule has 6 heteroatoms. The first-order chi connectivity index (χ1) is 9.63. The van der Waals surface area contributed by atoms with Crippen LogP contribution >= 0.6 is 0 Å². The third-order valence-corrected chi connectivity index (χ3v) is 2.85. The molecule has 20 heavy (non-hydrogen) atoms. The predicted octanol–water partition coefficient (Wildman–Crippen LogP) is 1.08. The van der Waals surface area contributed by atoms with E-state index in [-0.39, 0.29) is 11.9 Å². The average Bonchev–Trinajstić information content (AvgIpc) is 2.48. The highest BCUT2D eigenvalue weighted by atomic mass is 16.5. The summed E-state index contributed by atoms with van der Waals surface area (Å²) in [6.45, 7) is 3.24. The van der Waals surface area contributed by atoms with Crippen LogP contribution in [0.4, 0.5) is 0 Å². The smallest absolute Gasteiger partial charge is 0.272 e. The fraction of sp³-hybridized carbons (Fsp3) is 0.500. The van der Waals surface area contributed by atoms with Crippen molar-refractivity contribution in [3.05, 3.63) is 29.6 Å². The molecule has 6 nitrogen and oxygen atoms in total. The van der Waals surface area contributed by atoms with Gasteiger partial charge in [0, 0.05) is 27.0 Å². The standard InChI is InChI=1S/C14H19N3O3/c1-11(10-20-3)17(6-7-19-2)14(18)13-5-4-12(8-15)9-16-13/h4-5,9,11H,6-7,10H2,1-3H3. The molecule has 1 unspecified atom stereocenters. The van der Waals surface area contributed by atoms with E-state index in [4.69, 9.17) is 14.7 Å². The summed E-state index contributed by atoms with van der Waals surface area (Å²) in [5.74, 6) is -0.198. The van der Waals surface area contributed by atoms with Gasteiger partial charge in [0.2, 0.25) is 0 Å². The summed E-state index contributed by atoms with van der Waals surface area (Å²) < 4.78 is 10.1. The first-order valence-corrected chi connectivity index (χ1v) is 6.29. The largest absolute Gasteiger partial charge is 0.383 e. The summed E-state index contributed by atoms with van der Waals surface area (Å²) >= 11 is 0. The number of nitriles is 1. The Morgan fingerprint density at radius 3 is 2.70 bits per heavy atom. The number of aromatic nitrogens is 1. The first-order valence-electron chi connectivity index (χ1n) is 6.29. The number of hydrogen-bond acceptors (Lipinski definition) is 5. The molecule has 0 spiro atoms. The minimum atomic E-state index is -0.198. The van der Waals surface area contributed by atoms with E-state index in [1.807, 2.05) is 13.0 Å². The molecule has 108 valence electrons. The van der Waals surface area contributed by atoms with E-state index >= 15 is 0 Å². The molecule has 0 aliphatic heterocycles. The maximum atomic E-state index is 12.4. The van der Waals surface area contributed by atoms with Crippen LogP contribution in [0.2, 0.25) is 0 Å². The molecule has 0 N–H and O–H groups in total. The summed E-state index contributed by atoms with van der Waals surface area (Å²) in [6.07, 6.45) is 1.39. The number of amides is 1. The lowest BCUT2D eigenvalue weighted by Gasteiger charge is -2.28. The summed E-state index contributed by atoms with van der Waals surface area (Å²) in [5.41, 5.74) is 0.734. The van der Waals surface area contributed by atoms with E-state index in [1.165, 1.54) is 6.20 Å². The van der Waals surface area contributed by atoms with E-state index in [0.29, 0.717) is 31.0 Å². The number of hydrogen-bond donors (Lipinski definition) is 0. The topological polar surface area (TPSA) is 75.5 Å². The first kappa shape index (κ1) is 16.1. The number of rotatable bonds is 7. The summed E-state index contributed by atoms with van der Waals surface area (Å²) in [6, 6.07) is 5.02. The van der Waals surface area contributed by atoms with Crippen LogP contribution in [-0.4, -0.2) is 55.8 Å². The molecule has 0 saturated heterocycles. The van der Waals surface area contributed by atoms with Crippen molar-refractivity contribution in [2.75, 3.05) is 34.0 Å². The van der Waals surface area contributed by atoms with Gasteiger partial charge >= 0.3 is 0 Å². The quantitative estimate of drug-likeness (QED) is 0.745. The van der Waals surface area contributed by atoms with E-state index in [9.17, 15) is 4.79 Å². The fourth-order valence-electron chi connectivity index (χ4n) is 1.78. The van der Waals surface area contributed by atoms with Crippen molar-refractivity contribution in [1.82, 2.24) is 9.88 Å². The molecular formula is C14H19N3O3. The van der Waals surface area contributed by atoms with Crippen molar-refractivity contribution in [1.29, 1.82) is 5.26 Å². The maximum Gasteiger partial charge on any atom is 0.272 e. The van der Waals surface area contributed by atoms with E-state index in [2.05, 4.69) is 4.98 Å². The van der Waals surface area contributed by atoms with Gasteiger partial charge in [0.25, 0.3) is 5.91 Å². The van der Waals surface area contributed by atoms with Gasteiger partial charge in [0.15, 0.2) is 0 Å². The van der Waals surface area contributed by atoms with Crippen molar-refractivity contribution < 1.29 is 14.3 Å². The Morgan fingerprint density at radius 2 is 2.20 bits per heavy atom. The van der Waals surface area contributed by atoms with Crippen LogP contribution < -0.4 is 0 Å². The number of carbonyl (C=O) groups excluding carboxylic acids is 1. The monoisotopic (exact) mass is 277 g/mol. The zero-order chi connectivity index (χ0) is 15.0. The van der Waals surface area contributed by atoms with Crippen molar-refractivity contribution in [2.24, 2.45) is 0 Å². The van der Waals surface area contributed by atoms with E-state index in [0.717, 1.165) is 0 Å². The van der Waals surface area contributed by atoms with Crippen molar-refractivity contribution in [3.8, 4) is 6.07 Å². The molecule has 1 aromatic heterocycles. The fourth-order valence-corrected chi connectivity index (χ4v) is 1.78. The zero-order valence-corrected chi connectivity index (χ0v) is 12.0. The van der Waals surface area contributed by atoms with Crippen LogP contribution in [0.5, 0.6) is 0 Å². The normalized spacial score (nSPS) is 11.7. The lowest BCUT2D eigenvalue weighted by molar-refractivity contribution is 0.0474. The highest BCUT2D eigenvalue weighted by Gasteiger charge is 2.22. The van der Waals surface area contributed by atoms with Gasteiger partial charge < -0.3 is 14.4 Å². The van der Waals surface area contributed by atoms with Gasteiger partial charge in [0.05, 0.1) is 24.8 Å². The summed E-state index contributed by atoms with van der Waals surface area (Å²) in [7, 11) is 3.18. The predicted molar refractivity (Wildman–Crippen MR) is 73.2 cm³/mol. The number of nitrogens with zero attached hydrogens (tertiary/aromatic N) is 3. The molecule has 0 fully saturated rings. The van der Waals surface area contributed by atoms with Gasteiger partial charge in [-0.1, -0.05) is 0 Å². The Kier molecular flexibility index (Phi) is 6.64. The average molecular weight is 277 g/mol. The minimum Gasteiger partial charge on any atom is -0.383 e. The lowest BCUT2D eigenvalue weighted by atomic mass is 10.2. The molecule has 1 heterocycles. The number of pyridine rings is 1. The van der Waals surface area contributed by atoms with Crippen LogP contribution in [0.3, 0.4) is 0 Å². The van der Waals surface area contributed by atoms with Gasteiger partial charge in [-0.05, 0) is 19.1 Å². The molecule has 0 aromatic carbocycles. The van der Waals surface area contributed by atoms with Gasteiger partial charge in [0.1, 0.15) is 11.8 Å². The van der Waals surface area contributed by atoms with Gasteiger partial charge in [-0.15, -0.1) is 0 Å². The molecule has 1 rings (SSSR count). The Morgan fingerprint density at radius 1 is 1.45 bits per heavy atom. The van der Waals surface area contributed by atoms with Crippen LogP contribution in [-0.2, 0) is 9.47 Å². The Balaban J connectivity index is 2.87. The number of ether oxygens (including phenoxy) is 2. The Labute approximate surface area is 118 Å². The third-order valence-electron chi connectivity index (χ3n) is 2.85. The van der Waals surface area contributed by atoms with Crippen molar-refractivity contribution >= 4 is 5.91 Å². The number of carbonyl (C=O) groups is 1. The van der Waals surface area contributed by atoms with Crippen molar-refractivity contribution in [2.45, 2.75) is 13.0 Å². The lowest BCUT2D eigenvalue weighted by Crippen LogP contribution is -2.43. The van der Waals surface area contributed by atoms with Crippen molar-refractivity contribution in [3.63, 3.8) is 0 Å². The van der Waals surface area contributed by atoms with Crippen LogP contribution in [0.25, 0.3) is 0 Å². The van der Waals surface area contributed by atoms with Crippen LogP contribution in [0.1, 0.15) is 23.0 Å². The Bertz CT molecular complexity index is 468. The third kappa shape index (κ3) is 4.30. The second-order valence-electron chi connectivity index (χ2n) is 4.34. The molecule has 1 atom stereocenters. The van der Waals surface area contributed by atoms with Gasteiger partial charge in [-0.3, -0.25) is 4.79 Å². The summed E-state index contributed by atoms with van der Waals surface area (Å²) in [4.78, 5) is 18.1. The van der Waals surface area contributed by atoms with E-state index in [1.54, 1.807) is 31.3 Å². The molecule has 1 aromatic rings. The highest BCUT2D eigenvalue weighted by molar-refractivity contribution is 5.92. The zero-order valence-electron chi connectivity index (χ0n) is 12.0. The SMILES string of the molecule is COCCN(C(=O)c1ccc(C#N)cn1)C(C)COC. The molecule has 0 aliphatic rings. The molecule has 0 bridgehead atoms.